The van der Waals surface area contributed by atoms with Crippen LogP contribution in [0.25, 0.3) is 0 Å². The largest absolute Gasteiger partial charge is 0.384 e. The summed E-state index contributed by atoms with van der Waals surface area (Å²) in [7, 11) is 0. The molecule has 1 unspecified atom stereocenters. The highest BCUT2D eigenvalue weighted by Gasteiger charge is 2.03. The number of hydrogen-bond donors (Lipinski definition) is 3. The molecular weight excluding hydrogens is 174 g/mol. The minimum absolute atomic E-state index is 0.286. The molecule has 0 aromatic heterocycles. The van der Waals surface area contributed by atoms with Crippen molar-refractivity contribution < 1.29 is 0 Å². The van der Waals surface area contributed by atoms with E-state index in [0.29, 0.717) is 5.57 Å². The molecule has 1 atom stereocenters. The molecule has 0 bridgehead atoms. The van der Waals surface area contributed by atoms with Gasteiger partial charge >= 0.3 is 0 Å². The van der Waals surface area contributed by atoms with E-state index < -0.39 is 0 Å². The molecule has 0 aromatic carbocycles. The Labute approximate surface area is 84.2 Å². The van der Waals surface area contributed by atoms with E-state index in [4.69, 9.17) is 10.8 Å². The number of hydrogen-bond acceptors (Lipinski definition) is 3. The molecule has 0 heterocycles. The third kappa shape index (κ3) is 3.01. The van der Waals surface area contributed by atoms with Gasteiger partial charge in [0.1, 0.15) is 0 Å². The van der Waals surface area contributed by atoms with Crippen molar-refractivity contribution in [3.63, 3.8) is 0 Å². The minimum Gasteiger partial charge on any atom is -0.384 e. The lowest BCUT2D eigenvalue weighted by Gasteiger charge is -2.15. The van der Waals surface area contributed by atoms with Crippen LogP contribution < -0.4 is 5.32 Å². The van der Waals surface area contributed by atoms with Gasteiger partial charge in [-0.15, -0.1) is 0 Å². The molecule has 14 heavy (non-hydrogen) atoms. The zero-order chi connectivity index (χ0) is 10.4. The Kier molecular flexibility index (Phi) is 3.85. The topological polar surface area (TPSA) is 59.7 Å². The van der Waals surface area contributed by atoms with Gasteiger partial charge in [-0.25, -0.2) is 0 Å². The third-order valence-corrected chi connectivity index (χ3v) is 2.08. The van der Waals surface area contributed by atoms with Crippen LogP contribution in [-0.2, 0) is 0 Å². The maximum absolute atomic E-state index is 6.99. The molecule has 3 heteroatoms. The fraction of sp³-hybridized carbons (Fsp3) is 0.273. The molecule has 3 nitrogen and oxygen atoms in total. The summed E-state index contributed by atoms with van der Waals surface area (Å²) in [5.74, 6) is 0. The molecule has 0 aromatic rings. The van der Waals surface area contributed by atoms with Crippen molar-refractivity contribution in [2.24, 2.45) is 0 Å². The van der Waals surface area contributed by atoms with Gasteiger partial charge in [-0.1, -0.05) is 23.8 Å². The highest BCUT2D eigenvalue weighted by atomic mass is 14.9. The Morgan fingerprint density at radius 1 is 1.50 bits per heavy atom. The molecule has 0 spiro atoms. The number of rotatable bonds is 4. The Morgan fingerprint density at radius 2 is 2.21 bits per heavy atom. The molecule has 74 valence electrons. The molecule has 0 radical (unpaired) electrons. The molecule has 0 amide bonds. The van der Waals surface area contributed by atoms with Crippen LogP contribution in [0.1, 0.15) is 13.3 Å². The zero-order valence-corrected chi connectivity index (χ0v) is 8.25. The van der Waals surface area contributed by atoms with Gasteiger partial charge in [0, 0.05) is 30.2 Å². The Balaban J connectivity index is 2.48. The molecule has 0 saturated carbocycles. The quantitative estimate of drug-likeness (QED) is 0.582. The average Bonchev–Trinajstić information content (AvgIpc) is 2.22. The normalized spacial score (nSPS) is 19.5. The second-order valence-electron chi connectivity index (χ2n) is 3.25. The maximum Gasteiger partial charge on any atom is 0.0476 e. The highest BCUT2D eigenvalue weighted by Crippen LogP contribution is 2.09. The summed E-state index contributed by atoms with van der Waals surface area (Å²) >= 11 is 0. The highest BCUT2D eigenvalue weighted by molar-refractivity contribution is 6.01. The Morgan fingerprint density at radius 3 is 2.71 bits per heavy atom. The lowest BCUT2D eigenvalue weighted by atomic mass is 10.0. The first-order valence-electron chi connectivity index (χ1n) is 4.58. The summed E-state index contributed by atoms with van der Waals surface area (Å²) in [6.45, 7) is 2.07. The third-order valence-electron chi connectivity index (χ3n) is 2.08. The van der Waals surface area contributed by atoms with Gasteiger partial charge in [-0.05, 0) is 13.3 Å². The van der Waals surface area contributed by atoms with E-state index >= 15 is 0 Å². The summed E-state index contributed by atoms with van der Waals surface area (Å²) in [6.07, 6.45) is 11.3. The van der Waals surface area contributed by atoms with Crippen LogP contribution in [0, 0.1) is 10.8 Å². The molecule has 0 aliphatic heterocycles. The SMILES string of the molecule is CC1=CCC(NC=C(C=N)C=N)C=C1. The van der Waals surface area contributed by atoms with Crippen LogP contribution >= 0.6 is 0 Å². The van der Waals surface area contributed by atoms with Gasteiger partial charge in [-0.3, -0.25) is 0 Å². The van der Waals surface area contributed by atoms with Crippen molar-refractivity contribution in [3.05, 3.63) is 35.6 Å². The van der Waals surface area contributed by atoms with Crippen molar-refractivity contribution in [2.75, 3.05) is 0 Å². The minimum atomic E-state index is 0.286. The van der Waals surface area contributed by atoms with E-state index in [9.17, 15) is 0 Å². The summed E-state index contributed by atoms with van der Waals surface area (Å²) in [4.78, 5) is 0. The lowest BCUT2D eigenvalue weighted by Crippen LogP contribution is -2.23. The van der Waals surface area contributed by atoms with Crippen molar-refractivity contribution in [1.29, 1.82) is 10.8 Å². The average molecular weight is 189 g/mol. The fourth-order valence-corrected chi connectivity index (χ4v) is 1.18. The van der Waals surface area contributed by atoms with Crippen molar-refractivity contribution in [1.82, 2.24) is 5.32 Å². The fourth-order valence-electron chi connectivity index (χ4n) is 1.18. The van der Waals surface area contributed by atoms with Gasteiger partial charge in [0.25, 0.3) is 0 Å². The van der Waals surface area contributed by atoms with Crippen LogP contribution in [0.5, 0.6) is 0 Å². The van der Waals surface area contributed by atoms with Gasteiger partial charge in [0.05, 0.1) is 0 Å². The predicted octanol–water partition coefficient (Wildman–Crippen LogP) is 2.03. The molecule has 0 saturated heterocycles. The molecule has 1 aliphatic carbocycles. The molecule has 0 fully saturated rings. The van der Waals surface area contributed by atoms with Crippen LogP contribution in [-0.4, -0.2) is 18.5 Å². The van der Waals surface area contributed by atoms with Crippen molar-refractivity contribution >= 4 is 12.4 Å². The summed E-state index contributed by atoms with van der Waals surface area (Å²) in [5, 5.41) is 17.1. The summed E-state index contributed by atoms with van der Waals surface area (Å²) in [5.41, 5.74) is 1.86. The summed E-state index contributed by atoms with van der Waals surface area (Å²) < 4.78 is 0. The second-order valence-corrected chi connectivity index (χ2v) is 3.25. The first-order valence-corrected chi connectivity index (χ1v) is 4.58. The first kappa shape index (κ1) is 10.4. The first-order chi connectivity index (χ1) is 6.76. The van der Waals surface area contributed by atoms with Gasteiger partial charge in [0.15, 0.2) is 0 Å². The van der Waals surface area contributed by atoms with Crippen LogP contribution in [0.15, 0.2) is 35.6 Å². The molecule has 1 rings (SSSR count). The predicted molar refractivity (Wildman–Crippen MR) is 60.1 cm³/mol. The Bertz CT molecular complexity index is 300. The molecular formula is C11H15N3. The van der Waals surface area contributed by atoms with E-state index in [1.54, 1.807) is 6.20 Å². The lowest BCUT2D eigenvalue weighted by molar-refractivity contribution is 0.700. The van der Waals surface area contributed by atoms with Crippen molar-refractivity contribution in [3.8, 4) is 0 Å². The van der Waals surface area contributed by atoms with Gasteiger partial charge < -0.3 is 16.1 Å². The summed E-state index contributed by atoms with van der Waals surface area (Å²) in [6, 6.07) is 0.286. The van der Waals surface area contributed by atoms with E-state index in [1.807, 2.05) is 0 Å². The van der Waals surface area contributed by atoms with E-state index in [2.05, 4.69) is 30.5 Å². The van der Waals surface area contributed by atoms with Crippen LogP contribution in [0.4, 0.5) is 0 Å². The smallest absolute Gasteiger partial charge is 0.0476 e. The van der Waals surface area contributed by atoms with Crippen LogP contribution in [0.3, 0.4) is 0 Å². The van der Waals surface area contributed by atoms with E-state index in [1.165, 1.54) is 5.57 Å². The number of nitrogens with one attached hydrogen (secondary N) is 3. The maximum atomic E-state index is 6.99. The van der Waals surface area contributed by atoms with E-state index in [-0.39, 0.29) is 6.04 Å². The monoisotopic (exact) mass is 189 g/mol. The second kappa shape index (κ2) is 5.17. The van der Waals surface area contributed by atoms with Gasteiger partial charge in [0.2, 0.25) is 0 Å². The zero-order valence-electron chi connectivity index (χ0n) is 8.25. The van der Waals surface area contributed by atoms with Crippen molar-refractivity contribution in [2.45, 2.75) is 19.4 Å². The van der Waals surface area contributed by atoms with Crippen LogP contribution in [0.2, 0.25) is 0 Å². The Hall–Kier alpha value is -1.64. The van der Waals surface area contributed by atoms with E-state index in [0.717, 1.165) is 18.9 Å². The van der Waals surface area contributed by atoms with Gasteiger partial charge in [-0.2, -0.15) is 0 Å². The standard InChI is InChI=1S/C11H15N3/c1-9-2-4-11(5-3-9)14-8-10(6-12)7-13/h2-4,6-8,11-14H,5H2,1H3. The molecule has 1 aliphatic rings. The number of allylic oxidation sites excluding steroid dienone is 3. The molecule has 3 N–H and O–H groups in total.